The fourth-order valence-corrected chi connectivity index (χ4v) is 1.11. The van der Waals surface area contributed by atoms with E-state index in [4.69, 9.17) is 0 Å². The maximum Gasteiger partial charge on any atom is 0.337 e. The van der Waals surface area contributed by atoms with Crippen molar-refractivity contribution in [2.75, 3.05) is 7.11 Å². The van der Waals surface area contributed by atoms with E-state index in [0.717, 1.165) is 0 Å². The molecule has 0 spiro atoms. The zero-order chi connectivity index (χ0) is 12.1. The minimum atomic E-state index is -0.496. The Hall–Kier alpha value is -2.17. The summed E-state index contributed by atoms with van der Waals surface area (Å²) < 4.78 is 4.51. The second-order valence-electron chi connectivity index (χ2n) is 3.08. The van der Waals surface area contributed by atoms with Crippen LogP contribution in [0.5, 0.6) is 0 Å². The molecule has 0 atom stereocenters. The van der Waals surface area contributed by atoms with Gasteiger partial charge in [-0.2, -0.15) is 0 Å². The number of rotatable bonds is 2. The number of nitrogens with one attached hydrogen (secondary N) is 1. The first-order valence-electron chi connectivity index (χ1n) is 4.55. The van der Waals surface area contributed by atoms with Crippen molar-refractivity contribution < 1.29 is 19.1 Å². The first kappa shape index (κ1) is 11.9. The Labute approximate surface area is 92.4 Å². The van der Waals surface area contributed by atoms with E-state index < -0.39 is 17.8 Å². The summed E-state index contributed by atoms with van der Waals surface area (Å²) in [5.41, 5.74) is 0.657. The molecule has 0 aromatic heterocycles. The monoisotopic (exact) mass is 221 g/mol. The molecule has 0 bridgehead atoms. The minimum absolute atomic E-state index is 0.308. The first-order valence-corrected chi connectivity index (χ1v) is 4.55. The van der Waals surface area contributed by atoms with Gasteiger partial charge in [0.25, 0.3) is 5.91 Å². The molecule has 0 aliphatic heterocycles. The summed E-state index contributed by atoms with van der Waals surface area (Å²) >= 11 is 0. The molecule has 0 fully saturated rings. The first-order chi connectivity index (χ1) is 7.54. The smallest absolute Gasteiger partial charge is 0.337 e. The zero-order valence-corrected chi connectivity index (χ0v) is 8.94. The van der Waals surface area contributed by atoms with Crippen molar-refractivity contribution >= 4 is 17.8 Å². The van der Waals surface area contributed by atoms with E-state index >= 15 is 0 Å². The molecule has 2 amide bonds. The van der Waals surface area contributed by atoms with Crippen LogP contribution < -0.4 is 5.32 Å². The number of methoxy groups -OCH3 is 1. The number of imide groups is 1. The number of carbonyl (C=O) groups excluding carboxylic acids is 3. The van der Waals surface area contributed by atoms with E-state index in [0.29, 0.717) is 11.1 Å². The van der Waals surface area contributed by atoms with E-state index in [1.165, 1.54) is 38.3 Å². The van der Waals surface area contributed by atoms with E-state index in [1.807, 2.05) is 0 Å². The van der Waals surface area contributed by atoms with Gasteiger partial charge in [-0.05, 0) is 24.3 Å². The van der Waals surface area contributed by atoms with Crippen molar-refractivity contribution in [1.29, 1.82) is 0 Å². The van der Waals surface area contributed by atoms with Crippen LogP contribution in [0.25, 0.3) is 0 Å². The summed E-state index contributed by atoms with van der Waals surface area (Å²) in [5, 5.41) is 2.13. The summed E-state index contributed by atoms with van der Waals surface area (Å²) in [6.45, 7) is 1.25. The zero-order valence-electron chi connectivity index (χ0n) is 8.94. The SMILES string of the molecule is COC(=O)c1ccc(C(=O)NC(C)=O)cc1. The molecule has 1 rings (SSSR count). The van der Waals surface area contributed by atoms with E-state index in [-0.39, 0.29) is 0 Å². The maximum absolute atomic E-state index is 11.4. The van der Waals surface area contributed by atoms with Gasteiger partial charge < -0.3 is 4.74 Å². The number of esters is 1. The highest BCUT2D eigenvalue weighted by atomic mass is 16.5. The van der Waals surface area contributed by atoms with Crippen LogP contribution in [0.1, 0.15) is 27.6 Å². The molecule has 1 N–H and O–H groups in total. The molecule has 5 heteroatoms. The summed E-state index contributed by atoms with van der Waals surface area (Å²) in [5.74, 6) is -1.40. The van der Waals surface area contributed by atoms with Gasteiger partial charge in [0.2, 0.25) is 5.91 Å². The Bertz CT molecular complexity index is 422. The Kier molecular flexibility index (Phi) is 3.77. The lowest BCUT2D eigenvalue weighted by atomic mass is 10.1. The molecular weight excluding hydrogens is 210 g/mol. The lowest BCUT2D eigenvalue weighted by Gasteiger charge is -2.02. The van der Waals surface area contributed by atoms with E-state index in [2.05, 4.69) is 10.1 Å². The number of carbonyl (C=O) groups is 3. The number of amides is 2. The molecule has 16 heavy (non-hydrogen) atoms. The normalized spacial score (nSPS) is 9.38. The summed E-state index contributed by atoms with van der Waals surface area (Å²) in [6, 6.07) is 5.82. The lowest BCUT2D eigenvalue weighted by Crippen LogP contribution is -2.27. The quantitative estimate of drug-likeness (QED) is 0.748. The Morgan fingerprint density at radius 3 is 2.00 bits per heavy atom. The molecule has 0 aliphatic carbocycles. The van der Waals surface area contributed by atoms with E-state index in [9.17, 15) is 14.4 Å². The predicted octanol–water partition coefficient (Wildman–Crippen LogP) is 0.750. The summed E-state index contributed by atoms with van der Waals surface area (Å²) in [6.07, 6.45) is 0. The standard InChI is InChI=1S/C11H11NO4/c1-7(13)12-10(14)8-3-5-9(6-4-8)11(15)16-2/h3-6H,1-2H3,(H,12,13,14). The van der Waals surface area contributed by atoms with Crippen LogP contribution in [-0.2, 0) is 9.53 Å². The number of hydrogen-bond donors (Lipinski definition) is 1. The van der Waals surface area contributed by atoms with Gasteiger partial charge in [-0.15, -0.1) is 0 Å². The van der Waals surface area contributed by atoms with Crippen LogP contribution in [-0.4, -0.2) is 24.9 Å². The van der Waals surface area contributed by atoms with Gasteiger partial charge in [0.1, 0.15) is 0 Å². The Balaban J connectivity index is 2.82. The summed E-state index contributed by atoms with van der Waals surface area (Å²) in [7, 11) is 1.28. The molecular formula is C11H11NO4. The Morgan fingerprint density at radius 2 is 1.56 bits per heavy atom. The number of ether oxygens (including phenoxy) is 1. The molecule has 1 aromatic carbocycles. The molecule has 0 unspecified atom stereocenters. The second-order valence-corrected chi connectivity index (χ2v) is 3.08. The highest BCUT2D eigenvalue weighted by Gasteiger charge is 2.09. The van der Waals surface area contributed by atoms with Crippen molar-refractivity contribution in [3.05, 3.63) is 35.4 Å². The van der Waals surface area contributed by atoms with Crippen LogP contribution in [0.15, 0.2) is 24.3 Å². The number of hydrogen-bond acceptors (Lipinski definition) is 4. The largest absolute Gasteiger partial charge is 0.465 e. The summed E-state index contributed by atoms with van der Waals surface area (Å²) in [4.78, 5) is 33.1. The van der Waals surface area contributed by atoms with Gasteiger partial charge in [0.15, 0.2) is 0 Å². The Morgan fingerprint density at radius 1 is 1.06 bits per heavy atom. The van der Waals surface area contributed by atoms with Gasteiger partial charge >= 0.3 is 5.97 Å². The van der Waals surface area contributed by atoms with Gasteiger partial charge in [-0.25, -0.2) is 4.79 Å². The van der Waals surface area contributed by atoms with Crippen molar-refractivity contribution in [2.45, 2.75) is 6.92 Å². The van der Waals surface area contributed by atoms with Crippen LogP contribution in [0.4, 0.5) is 0 Å². The highest BCUT2D eigenvalue weighted by Crippen LogP contribution is 2.05. The average Bonchev–Trinajstić information content (AvgIpc) is 2.27. The van der Waals surface area contributed by atoms with Crippen molar-refractivity contribution in [3.8, 4) is 0 Å². The van der Waals surface area contributed by atoms with Gasteiger partial charge in [-0.3, -0.25) is 14.9 Å². The molecule has 5 nitrogen and oxygen atoms in total. The second kappa shape index (κ2) is 5.06. The molecule has 0 radical (unpaired) electrons. The van der Waals surface area contributed by atoms with E-state index in [1.54, 1.807) is 0 Å². The van der Waals surface area contributed by atoms with Crippen molar-refractivity contribution in [2.24, 2.45) is 0 Å². The lowest BCUT2D eigenvalue weighted by molar-refractivity contribution is -0.118. The molecule has 1 aromatic rings. The molecule has 0 saturated carbocycles. The van der Waals surface area contributed by atoms with Gasteiger partial charge in [-0.1, -0.05) is 0 Å². The van der Waals surface area contributed by atoms with Crippen LogP contribution >= 0.6 is 0 Å². The maximum atomic E-state index is 11.4. The molecule has 84 valence electrons. The van der Waals surface area contributed by atoms with Gasteiger partial charge in [0, 0.05) is 12.5 Å². The fraction of sp³-hybridized carbons (Fsp3) is 0.182. The molecule has 0 aliphatic rings. The molecule has 0 saturated heterocycles. The predicted molar refractivity (Wildman–Crippen MR) is 55.9 cm³/mol. The fourth-order valence-electron chi connectivity index (χ4n) is 1.11. The van der Waals surface area contributed by atoms with Crippen LogP contribution in [0.3, 0.4) is 0 Å². The third-order valence-corrected chi connectivity index (χ3v) is 1.86. The van der Waals surface area contributed by atoms with Gasteiger partial charge in [0.05, 0.1) is 12.7 Å². The van der Waals surface area contributed by atoms with Crippen molar-refractivity contribution in [1.82, 2.24) is 5.32 Å². The molecule has 0 heterocycles. The third kappa shape index (κ3) is 2.91. The topological polar surface area (TPSA) is 72.5 Å². The number of benzene rings is 1. The van der Waals surface area contributed by atoms with Crippen LogP contribution in [0.2, 0.25) is 0 Å². The van der Waals surface area contributed by atoms with Crippen LogP contribution in [0, 0.1) is 0 Å². The average molecular weight is 221 g/mol. The third-order valence-electron chi connectivity index (χ3n) is 1.86. The van der Waals surface area contributed by atoms with Crippen molar-refractivity contribution in [3.63, 3.8) is 0 Å². The highest BCUT2D eigenvalue weighted by molar-refractivity contribution is 6.04. The minimum Gasteiger partial charge on any atom is -0.465 e.